The Morgan fingerprint density at radius 2 is 2.00 bits per heavy atom. The molecule has 0 saturated carbocycles. The monoisotopic (exact) mass is 279 g/mol. The molecule has 0 spiro atoms. The second-order valence-corrected chi connectivity index (χ2v) is 4.54. The largest absolute Gasteiger partial charge is 0.480 e. The molecule has 110 valence electrons. The van der Waals surface area contributed by atoms with Crippen LogP contribution in [-0.2, 0) is 20.7 Å². The van der Waals surface area contributed by atoms with E-state index in [4.69, 9.17) is 9.84 Å². The van der Waals surface area contributed by atoms with Crippen molar-refractivity contribution in [2.24, 2.45) is 0 Å². The zero-order chi connectivity index (χ0) is 14.8. The first-order chi connectivity index (χ1) is 9.63. The number of rotatable bonds is 9. The first kappa shape index (κ1) is 16.2. The van der Waals surface area contributed by atoms with E-state index in [0.29, 0.717) is 19.4 Å². The van der Waals surface area contributed by atoms with E-state index in [2.05, 4.69) is 5.32 Å². The van der Waals surface area contributed by atoms with Gasteiger partial charge in [0.25, 0.3) is 0 Å². The lowest BCUT2D eigenvalue weighted by Gasteiger charge is -2.13. The molecule has 1 rings (SSSR count). The topological polar surface area (TPSA) is 75.6 Å². The molecule has 1 atom stereocenters. The molecular formula is C15H21NO4. The number of amides is 1. The van der Waals surface area contributed by atoms with Crippen LogP contribution in [0.1, 0.15) is 25.3 Å². The number of hydrogen-bond donors (Lipinski definition) is 2. The predicted molar refractivity (Wildman–Crippen MR) is 75.4 cm³/mol. The Kier molecular flexibility index (Phi) is 7.35. The maximum absolute atomic E-state index is 11.5. The molecule has 0 radical (unpaired) electrons. The van der Waals surface area contributed by atoms with Crippen LogP contribution in [0.4, 0.5) is 0 Å². The Morgan fingerprint density at radius 1 is 1.30 bits per heavy atom. The van der Waals surface area contributed by atoms with E-state index in [-0.39, 0.29) is 12.5 Å². The van der Waals surface area contributed by atoms with E-state index in [0.717, 1.165) is 12.0 Å². The molecule has 1 aromatic rings. The normalized spacial score (nSPS) is 11.8. The van der Waals surface area contributed by atoms with Crippen LogP contribution in [0.5, 0.6) is 0 Å². The van der Waals surface area contributed by atoms with Crippen molar-refractivity contribution in [2.45, 2.75) is 32.2 Å². The number of hydrogen-bond acceptors (Lipinski definition) is 3. The van der Waals surface area contributed by atoms with Gasteiger partial charge < -0.3 is 15.2 Å². The van der Waals surface area contributed by atoms with Crippen LogP contribution in [0, 0.1) is 0 Å². The van der Waals surface area contributed by atoms with Gasteiger partial charge in [-0.1, -0.05) is 43.7 Å². The summed E-state index contributed by atoms with van der Waals surface area (Å²) in [5.74, 6) is -1.40. The standard InChI is InChI=1S/C15H21NO4/c1-2-6-13(15(18)19)16-14(17)11-20-10-9-12-7-4-3-5-8-12/h3-5,7-8,13H,2,6,9-11H2,1H3,(H,16,17)(H,18,19). The second kappa shape index (κ2) is 9.09. The molecule has 5 nitrogen and oxygen atoms in total. The lowest BCUT2D eigenvalue weighted by atomic mass is 10.1. The summed E-state index contributed by atoms with van der Waals surface area (Å²) in [7, 11) is 0. The minimum absolute atomic E-state index is 0.111. The SMILES string of the molecule is CCCC(NC(=O)COCCc1ccccc1)C(=O)O. The van der Waals surface area contributed by atoms with Crippen molar-refractivity contribution < 1.29 is 19.4 Å². The van der Waals surface area contributed by atoms with Gasteiger partial charge in [0.2, 0.25) is 5.91 Å². The highest BCUT2D eigenvalue weighted by molar-refractivity contribution is 5.84. The fourth-order valence-electron chi connectivity index (χ4n) is 1.78. The summed E-state index contributed by atoms with van der Waals surface area (Å²) in [6, 6.07) is 8.99. The maximum atomic E-state index is 11.5. The number of carboxylic acids is 1. The molecule has 0 aliphatic heterocycles. The summed E-state index contributed by atoms with van der Waals surface area (Å²) in [5, 5.41) is 11.4. The number of carbonyl (C=O) groups excluding carboxylic acids is 1. The molecule has 0 aliphatic rings. The van der Waals surface area contributed by atoms with Crippen molar-refractivity contribution in [3.05, 3.63) is 35.9 Å². The van der Waals surface area contributed by atoms with Gasteiger partial charge in [0, 0.05) is 0 Å². The molecule has 0 bridgehead atoms. The fourth-order valence-corrected chi connectivity index (χ4v) is 1.78. The zero-order valence-electron chi connectivity index (χ0n) is 11.7. The summed E-state index contributed by atoms with van der Waals surface area (Å²) in [4.78, 5) is 22.4. The van der Waals surface area contributed by atoms with Crippen molar-refractivity contribution in [1.82, 2.24) is 5.32 Å². The number of nitrogens with one attached hydrogen (secondary N) is 1. The first-order valence-electron chi connectivity index (χ1n) is 6.77. The Labute approximate surface area is 118 Å². The third-order valence-corrected chi connectivity index (χ3v) is 2.82. The van der Waals surface area contributed by atoms with Crippen molar-refractivity contribution in [2.75, 3.05) is 13.2 Å². The quantitative estimate of drug-likeness (QED) is 0.673. The van der Waals surface area contributed by atoms with Crippen LogP contribution in [0.2, 0.25) is 0 Å². The van der Waals surface area contributed by atoms with E-state index in [1.54, 1.807) is 0 Å². The Hall–Kier alpha value is -1.88. The van der Waals surface area contributed by atoms with Crippen molar-refractivity contribution in [1.29, 1.82) is 0 Å². The molecule has 0 heterocycles. The van der Waals surface area contributed by atoms with E-state index in [1.807, 2.05) is 37.3 Å². The Balaban J connectivity index is 2.21. The molecule has 1 unspecified atom stereocenters. The van der Waals surface area contributed by atoms with Gasteiger partial charge in [0.05, 0.1) is 6.61 Å². The molecule has 0 aromatic heterocycles. The minimum atomic E-state index is -1.01. The summed E-state index contributed by atoms with van der Waals surface area (Å²) in [5.41, 5.74) is 1.14. The predicted octanol–water partition coefficient (Wildman–Crippen LogP) is 1.62. The summed E-state index contributed by atoms with van der Waals surface area (Å²) < 4.78 is 5.25. The van der Waals surface area contributed by atoms with Gasteiger partial charge in [-0.2, -0.15) is 0 Å². The second-order valence-electron chi connectivity index (χ2n) is 4.54. The highest BCUT2D eigenvalue weighted by Crippen LogP contribution is 2.00. The Bertz CT molecular complexity index is 419. The number of carboxylic acid groups (broad SMARTS) is 1. The summed E-state index contributed by atoms with van der Waals surface area (Å²) in [6.07, 6.45) is 1.85. The van der Waals surface area contributed by atoms with Crippen LogP contribution in [0.3, 0.4) is 0 Å². The van der Waals surface area contributed by atoms with Gasteiger partial charge in [0.15, 0.2) is 0 Å². The van der Waals surface area contributed by atoms with Gasteiger partial charge in [-0.05, 0) is 18.4 Å². The van der Waals surface area contributed by atoms with Crippen LogP contribution in [0.15, 0.2) is 30.3 Å². The molecule has 1 aromatic carbocycles. The van der Waals surface area contributed by atoms with Crippen molar-refractivity contribution >= 4 is 11.9 Å². The lowest BCUT2D eigenvalue weighted by Crippen LogP contribution is -2.42. The van der Waals surface area contributed by atoms with Crippen LogP contribution < -0.4 is 5.32 Å². The lowest BCUT2D eigenvalue weighted by molar-refractivity contribution is -0.142. The average Bonchev–Trinajstić information content (AvgIpc) is 2.44. The number of benzene rings is 1. The van der Waals surface area contributed by atoms with Gasteiger partial charge in [-0.15, -0.1) is 0 Å². The average molecular weight is 279 g/mol. The number of aliphatic carboxylic acids is 1. The molecule has 0 fully saturated rings. The molecule has 2 N–H and O–H groups in total. The van der Waals surface area contributed by atoms with Crippen molar-refractivity contribution in [3.8, 4) is 0 Å². The van der Waals surface area contributed by atoms with E-state index < -0.39 is 12.0 Å². The smallest absolute Gasteiger partial charge is 0.326 e. The van der Waals surface area contributed by atoms with Crippen molar-refractivity contribution in [3.63, 3.8) is 0 Å². The van der Waals surface area contributed by atoms with Crippen LogP contribution in [-0.4, -0.2) is 36.2 Å². The molecular weight excluding hydrogens is 258 g/mol. The van der Waals surface area contributed by atoms with E-state index >= 15 is 0 Å². The summed E-state index contributed by atoms with van der Waals surface area (Å²) >= 11 is 0. The van der Waals surface area contributed by atoms with Crippen LogP contribution in [0.25, 0.3) is 0 Å². The van der Waals surface area contributed by atoms with E-state index in [9.17, 15) is 9.59 Å². The molecule has 0 saturated heterocycles. The van der Waals surface area contributed by atoms with Crippen LogP contribution >= 0.6 is 0 Å². The molecule has 0 aliphatic carbocycles. The third-order valence-electron chi connectivity index (χ3n) is 2.82. The number of carbonyl (C=O) groups is 2. The highest BCUT2D eigenvalue weighted by atomic mass is 16.5. The van der Waals surface area contributed by atoms with Gasteiger partial charge in [-0.25, -0.2) is 4.79 Å². The fraction of sp³-hybridized carbons (Fsp3) is 0.467. The zero-order valence-corrected chi connectivity index (χ0v) is 11.7. The van der Waals surface area contributed by atoms with E-state index in [1.165, 1.54) is 0 Å². The van der Waals surface area contributed by atoms with Gasteiger partial charge >= 0.3 is 5.97 Å². The summed E-state index contributed by atoms with van der Waals surface area (Å²) in [6.45, 7) is 2.20. The first-order valence-corrected chi connectivity index (χ1v) is 6.77. The molecule has 5 heteroatoms. The highest BCUT2D eigenvalue weighted by Gasteiger charge is 2.18. The maximum Gasteiger partial charge on any atom is 0.326 e. The minimum Gasteiger partial charge on any atom is -0.480 e. The van der Waals surface area contributed by atoms with Gasteiger partial charge in [-0.3, -0.25) is 4.79 Å². The van der Waals surface area contributed by atoms with Gasteiger partial charge in [0.1, 0.15) is 12.6 Å². The molecule has 1 amide bonds. The third kappa shape index (κ3) is 6.33. The Morgan fingerprint density at radius 3 is 2.60 bits per heavy atom. The molecule has 20 heavy (non-hydrogen) atoms. The number of ether oxygens (including phenoxy) is 1.